The molecule has 2 aliphatic heterocycles. The average molecular weight is 500 g/mol. The van der Waals surface area contributed by atoms with Crippen LogP contribution in [0, 0.1) is 5.92 Å². The van der Waals surface area contributed by atoms with Crippen LogP contribution < -0.4 is 5.32 Å². The van der Waals surface area contributed by atoms with Gasteiger partial charge >= 0.3 is 16.1 Å². The van der Waals surface area contributed by atoms with E-state index < -0.39 is 40.6 Å². The third-order valence-electron chi connectivity index (χ3n) is 5.02. The fourth-order valence-corrected chi connectivity index (χ4v) is 4.48. The summed E-state index contributed by atoms with van der Waals surface area (Å²) in [6, 6.07) is 0. The smallest absolute Gasteiger partial charge is 0.318 e. The number of carbonyl (C=O) groups is 2. The molecule has 14 heteroatoms. The lowest BCUT2D eigenvalue weighted by Gasteiger charge is -2.34. The van der Waals surface area contributed by atoms with E-state index in [1.54, 1.807) is 24.1 Å². The second-order valence-electron chi connectivity index (χ2n) is 8.14. The monoisotopic (exact) mass is 499 g/mol. The van der Waals surface area contributed by atoms with Gasteiger partial charge < -0.3 is 24.4 Å². The normalized spacial score (nSPS) is 26.4. The summed E-state index contributed by atoms with van der Waals surface area (Å²) in [6.07, 6.45) is 2.69. The predicted molar refractivity (Wildman–Crippen MR) is 116 cm³/mol. The molecule has 0 aromatic carbocycles. The number of aromatic nitrogens is 3. The van der Waals surface area contributed by atoms with Crippen LogP contribution in [0.2, 0.25) is 0 Å². The predicted octanol–water partition coefficient (Wildman–Crippen LogP) is 0.118. The fraction of sp³-hybridized carbons (Fsp3) is 0.600. The molecule has 1 aromatic heterocycles. The Hall–Kier alpha value is -2.81. The van der Waals surface area contributed by atoms with E-state index in [-0.39, 0.29) is 30.0 Å². The van der Waals surface area contributed by atoms with Crippen molar-refractivity contribution in [3.8, 4) is 0 Å². The van der Waals surface area contributed by atoms with Crippen LogP contribution in [0.5, 0.6) is 0 Å². The minimum absolute atomic E-state index is 0.0100. The summed E-state index contributed by atoms with van der Waals surface area (Å²) in [5.74, 6) is -0.350. The standard InChI is InChI=1S/C20H29N5O8S/c1-6-15-21-16(27)7-8-25(15)20-19(30-5)18(32-13(4)26)14(33-20)9-24-10-17(22-23-24)34(28,29)31-11-12(2)3/h6-8,10,12,14,18-20H,9,11H2,1-5H3,(H,21,27)/b15-6+. The number of ether oxygens (including phenoxy) is 3. The van der Waals surface area contributed by atoms with Crippen LogP contribution in [0.1, 0.15) is 27.7 Å². The van der Waals surface area contributed by atoms with Crippen LogP contribution in [-0.2, 0) is 44.6 Å². The van der Waals surface area contributed by atoms with Gasteiger partial charge in [0.2, 0.25) is 5.03 Å². The average Bonchev–Trinajstić information content (AvgIpc) is 3.37. The van der Waals surface area contributed by atoms with Crippen LogP contribution in [0.3, 0.4) is 0 Å². The molecule has 188 valence electrons. The van der Waals surface area contributed by atoms with Crippen molar-refractivity contribution in [3.63, 3.8) is 0 Å². The number of methoxy groups -OCH3 is 1. The van der Waals surface area contributed by atoms with Gasteiger partial charge in [-0.3, -0.25) is 13.8 Å². The van der Waals surface area contributed by atoms with Gasteiger partial charge in [-0.1, -0.05) is 19.1 Å². The summed E-state index contributed by atoms with van der Waals surface area (Å²) < 4.78 is 48.2. The van der Waals surface area contributed by atoms with Crippen LogP contribution in [0.4, 0.5) is 0 Å². The first-order chi connectivity index (χ1) is 16.1. The van der Waals surface area contributed by atoms with E-state index >= 15 is 0 Å². The Morgan fingerprint density at radius 2 is 2.09 bits per heavy atom. The maximum atomic E-state index is 12.3. The summed E-state index contributed by atoms with van der Waals surface area (Å²) >= 11 is 0. The summed E-state index contributed by atoms with van der Waals surface area (Å²) in [7, 11) is -2.62. The summed E-state index contributed by atoms with van der Waals surface area (Å²) in [4.78, 5) is 25.2. The molecule has 1 fully saturated rings. The Balaban J connectivity index is 1.84. The molecule has 1 saturated heterocycles. The van der Waals surface area contributed by atoms with Gasteiger partial charge in [0.05, 0.1) is 19.3 Å². The molecule has 0 radical (unpaired) electrons. The first kappa shape index (κ1) is 25.8. The van der Waals surface area contributed by atoms with Gasteiger partial charge in [-0.2, -0.15) is 8.42 Å². The summed E-state index contributed by atoms with van der Waals surface area (Å²) in [5, 5.41) is 9.94. The SMILES string of the molecule is C/C=C1\NC(=O)C=CN1C1OC(Cn2cc(S(=O)(=O)OCC(C)C)nn2)C(OC(C)=O)C1OC. The van der Waals surface area contributed by atoms with E-state index in [4.69, 9.17) is 18.4 Å². The van der Waals surface area contributed by atoms with Crippen molar-refractivity contribution in [2.45, 2.75) is 63.8 Å². The maximum Gasteiger partial charge on any atom is 0.318 e. The number of hydrogen-bond donors (Lipinski definition) is 1. The highest BCUT2D eigenvalue weighted by Gasteiger charge is 2.50. The number of carbonyl (C=O) groups excluding carboxylic acids is 2. The van der Waals surface area contributed by atoms with Crippen molar-refractivity contribution in [3.05, 3.63) is 30.4 Å². The lowest BCUT2D eigenvalue weighted by Crippen LogP contribution is -2.48. The topological polar surface area (TPSA) is 151 Å². The van der Waals surface area contributed by atoms with E-state index in [2.05, 4.69) is 15.6 Å². The second-order valence-corrected chi connectivity index (χ2v) is 9.70. The Labute approximate surface area is 197 Å². The largest absolute Gasteiger partial charge is 0.457 e. The lowest BCUT2D eigenvalue weighted by molar-refractivity contribution is -0.154. The lowest BCUT2D eigenvalue weighted by atomic mass is 10.1. The Morgan fingerprint density at radius 1 is 1.35 bits per heavy atom. The molecule has 2 aliphatic rings. The molecule has 0 saturated carbocycles. The van der Waals surface area contributed by atoms with Crippen LogP contribution in [0.15, 0.2) is 35.4 Å². The fourth-order valence-electron chi connectivity index (χ4n) is 3.52. The van der Waals surface area contributed by atoms with Gasteiger partial charge in [0, 0.05) is 26.3 Å². The first-order valence-electron chi connectivity index (χ1n) is 10.6. The van der Waals surface area contributed by atoms with Crippen molar-refractivity contribution in [2.75, 3.05) is 13.7 Å². The van der Waals surface area contributed by atoms with Gasteiger partial charge in [0.1, 0.15) is 18.0 Å². The molecular formula is C20H29N5O8S. The summed E-state index contributed by atoms with van der Waals surface area (Å²) in [5.41, 5.74) is 0. The zero-order chi connectivity index (χ0) is 25.0. The number of nitrogens with zero attached hydrogens (tertiary/aromatic N) is 4. The van der Waals surface area contributed by atoms with Gasteiger partial charge in [-0.25, -0.2) is 4.68 Å². The molecule has 34 heavy (non-hydrogen) atoms. The highest BCUT2D eigenvalue weighted by atomic mass is 32.2. The minimum Gasteiger partial charge on any atom is -0.457 e. The van der Waals surface area contributed by atoms with Gasteiger partial charge in [-0.05, 0) is 18.9 Å². The number of nitrogens with one attached hydrogen (secondary N) is 1. The number of hydrogen-bond acceptors (Lipinski definition) is 11. The molecule has 1 amide bonds. The molecule has 0 spiro atoms. The molecule has 3 heterocycles. The Morgan fingerprint density at radius 3 is 2.71 bits per heavy atom. The van der Waals surface area contributed by atoms with Gasteiger partial charge in [0.25, 0.3) is 5.91 Å². The van der Waals surface area contributed by atoms with E-state index in [1.807, 2.05) is 13.8 Å². The molecule has 4 unspecified atom stereocenters. The molecule has 1 N–H and O–H groups in total. The van der Waals surface area contributed by atoms with Crippen LogP contribution in [-0.4, -0.2) is 78.4 Å². The molecular weight excluding hydrogens is 470 g/mol. The molecule has 1 aromatic rings. The summed E-state index contributed by atoms with van der Waals surface area (Å²) in [6.45, 7) is 6.68. The molecule has 13 nitrogen and oxygen atoms in total. The molecule has 0 aliphatic carbocycles. The van der Waals surface area contributed by atoms with Gasteiger partial charge in [-0.15, -0.1) is 5.10 Å². The maximum absolute atomic E-state index is 12.3. The molecule has 0 bridgehead atoms. The third kappa shape index (κ3) is 5.81. The third-order valence-corrected chi connectivity index (χ3v) is 6.17. The van der Waals surface area contributed by atoms with Crippen molar-refractivity contribution >= 4 is 22.0 Å². The van der Waals surface area contributed by atoms with Crippen LogP contribution >= 0.6 is 0 Å². The molecule has 3 rings (SSSR count). The van der Waals surface area contributed by atoms with E-state index in [9.17, 15) is 18.0 Å². The zero-order valence-electron chi connectivity index (χ0n) is 19.6. The van der Waals surface area contributed by atoms with Crippen molar-refractivity contribution in [1.82, 2.24) is 25.2 Å². The van der Waals surface area contributed by atoms with Gasteiger partial charge in [0.15, 0.2) is 12.3 Å². The number of amides is 1. The number of esters is 1. The number of rotatable bonds is 9. The first-order valence-corrected chi connectivity index (χ1v) is 12.1. The minimum atomic E-state index is -4.07. The van der Waals surface area contributed by atoms with Crippen LogP contribution in [0.25, 0.3) is 0 Å². The van der Waals surface area contributed by atoms with E-state index in [1.165, 1.54) is 31.0 Å². The number of allylic oxidation sites excluding steroid dienone is 1. The Bertz CT molecular complexity index is 1070. The highest BCUT2D eigenvalue weighted by Crippen LogP contribution is 2.32. The second kappa shape index (κ2) is 10.6. The van der Waals surface area contributed by atoms with E-state index in [0.29, 0.717) is 5.82 Å². The van der Waals surface area contributed by atoms with E-state index in [0.717, 1.165) is 0 Å². The Kier molecular flexibility index (Phi) is 8.07. The van der Waals surface area contributed by atoms with Crippen molar-refractivity contribution in [1.29, 1.82) is 0 Å². The highest BCUT2D eigenvalue weighted by molar-refractivity contribution is 7.86. The van der Waals surface area contributed by atoms with Crippen molar-refractivity contribution < 1.29 is 36.4 Å². The molecule has 4 atom stereocenters. The quantitative estimate of drug-likeness (QED) is 0.364. The van der Waals surface area contributed by atoms with Crippen molar-refractivity contribution in [2.24, 2.45) is 5.92 Å². The zero-order valence-corrected chi connectivity index (χ0v) is 20.4.